The summed E-state index contributed by atoms with van der Waals surface area (Å²) in [6.07, 6.45) is 1.58. The number of carbonyl (C=O) groups is 2. The fourth-order valence-corrected chi connectivity index (χ4v) is 3.75. The van der Waals surface area contributed by atoms with Crippen molar-refractivity contribution in [2.75, 3.05) is 7.11 Å². The van der Waals surface area contributed by atoms with Gasteiger partial charge in [0.05, 0.1) is 18.6 Å². The van der Waals surface area contributed by atoms with Crippen LogP contribution in [0.15, 0.2) is 46.6 Å². The number of benzene rings is 2. The minimum Gasteiger partial charge on any atom is -0.504 e. The Hall–Kier alpha value is -3.13. The standard InChI is InChI=1S/C21H21N3O4S/c1-12-4-5-13(2)15(8-12)17(26)10-19-20(27)23-21(29-19)24-22-11-14-6-7-16(25)18(9-14)28-3/h4-9,11,19,25H,10H2,1-3H3,(H,23,24,27)/b22-11+. The number of nitrogens with one attached hydrogen (secondary N) is 1. The predicted octanol–water partition coefficient (Wildman–Crippen LogP) is 3.21. The molecule has 1 aliphatic rings. The molecule has 0 saturated carbocycles. The highest BCUT2D eigenvalue weighted by molar-refractivity contribution is 8.15. The number of ether oxygens (including phenoxy) is 1. The van der Waals surface area contributed by atoms with Crippen molar-refractivity contribution >= 4 is 34.8 Å². The molecule has 2 N–H and O–H groups in total. The topological polar surface area (TPSA) is 100 Å². The van der Waals surface area contributed by atoms with E-state index in [-0.39, 0.29) is 23.9 Å². The Bertz CT molecular complexity index is 1020. The molecule has 2 aromatic rings. The van der Waals surface area contributed by atoms with Crippen molar-refractivity contribution in [1.29, 1.82) is 0 Å². The van der Waals surface area contributed by atoms with Crippen LogP contribution in [0.2, 0.25) is 0 Å². The van der Waals surface area contributed by atoms with Crippen LogP contribution in [0, 0.1) is 13.8 Å². The number of amides is 1. The van der Waals surface area contributed by atoms with Crippen LogP contribution in [0.5, 0.6) is 11.5 Å². The highest BCUT2D eigenvalue weighted by Crippen LogP contribution is 2.26. The highest BCUT2D eigenvalue weighted by atomic mass is 32.2. The molecule has 3 rings (SSSR count). The summed E-state index contributed by atoms with van der Waals surface area (Å²) in [5.74, 6) is 0.0368. The normalized spacial score (nSPS) is 17.7. The number of phenols is 1. The molecule has 1 fully saturated rings. The molecular formula is C21H21N3O4S. The third-order valence-electron chi connectivity index (χ3n) is 4.40. The van der Waals surface area contributed by atoms with Gasteiger partial charge < -0.3 is 15.2 Å². The number of hydrogen-bond donors (Lipinski definition) is 2. The maximum atomic E-state index is 12.6. The molecule has 8 heteroatoms. The Kier molecular flexibility index (Phi) is 6.33. The van der Waals surface area contributed by atoms with Gasteiger partial charge >= 0.3 is 0 Å². The SMILES string of the molecule is COc1cc(/C=N/N=C2\NC(=O)C(CC(=O)c3cc(C)ccc3C)S2)ccc1O. The lowest BCUT2D eigenvalue weighted by molar-refractivity contribution is -0.118. The predicted molar refractivity (Wildman–Crippen MR) is 114 cm³/mol. The molecular weight excluding hydrogens is 390 g/mol. The van der Waals surface area contributed by atoms with Gasteiger partial charge in [0.1, 0.15) is 0 Å². The first-order valence-corrected chi connectivity index (χ1v) is 9.81. The maximum Gasteiger partial charge on any atom is 0.240 e. The van der Waals surface area contributed by atoms with Crippen molar-refractivity contribution in [3.8, 4) is 11.5 Å². The number of carbonyl (C=O) groups excluding carboxylic acids is 2. The van der Waals surface area contributed by atoms with Crippen LogP contribution in [-0.2, 0) is 4.79 Å². The summed E-state index contributed by atoms with van der Waals surface area (Å²) >= 11 is 1.19. The number of rotatable bonds is 6. The minimum absolute atomic E-state index is 0.0333. The van der Waals surface area contributed by atoms with Gasteiger partial charge in [-0.05, 0) is 49.2 Å². The fourth-order valence-electron chi connectivity index (χ4n) is 2.82. The molecule has 1 aliphatic heterocycles. The van der Waals surface area contributed by atoms with Crippen molar-refractivity contribution in [3.63, 3.8) is 0 Å². The fraction of sp³-hybridized carbons (Fsp3) is 0.238. The van der Waals surface area contributed by atoms with E-state index in [1.54, 1.807) is 12.1 Å². The van der Waals surface area contributed by atoms with E-state index in [9.17, 15) is 14.7 Å². The van der Waals surface area contributed by atoms with Crippen molar-refractivity contribution in [1.82, 2.24) is 5.32 Å². The Morgan fingerprint density at radius 3 is 2.83 bits per heavy atom. The van der Waals surface area contributed by atoms with E-state index in [0.717, 1.165) is 11.1 Å². The average molecular weight is 411 g/mol. The summed E-state index contributed by atoms with van der Waals surface area (Å²) < 4.78 is 5.04. The van der Waals surface area contributed by atoms with Crippen molar-refractivity contribution in [3.05, 3.63) is 58.7 Å². The molecule has 7 nitrogen and oxygen atoms in total. The number of phenolic OH excluding ortho intramolecular Hbond substituents is 1. The lowest BCUT2D eigenvalue weighted by atomic mass is 9.99. The zero-order valence-electron chi connectivity index (χ0n) is 16.3. The number of Topliss-reactive ketones (excluding diaryl/α,β-unsaturated/α-hetero) is 1. The number of aryl methyl sites for hydroxylation is 2. The molecule has 0 aliphatic carbocycles. The van der Waals surface area contributed by atoms with E-state index in [1.807, 2.05) is 32.0 Å². The molecule has 150 valence electrons. The highest BCUT2D eigenvalue weighted by Gasteiger charge is 2.32. The van der Waals surface area contributed by atoms with Gasteiger partial charge in [0, 0.05) is 12.0 Å². The van der Waals surface area contributed by atoms with E-state index in [4.69, 9.17) is 4.74 Å². The first-order valence-electron chi connectivity index (χ1n) is 8.93. The van der Waals surface area contributed by atoms with Gasteiger partial charge in [0.25, 0.3) is 0 Å². The molecule has 0 aromatic heterocycles. The molecule has 1 saturated heterocycles. The lowest BCUT2D eigenvalue weighted by Gasteiger charge is -2.08. The van der Waals surface area contributed by atoms with Gasteiger partial charge in [-0.25, -0.2) is 0 Å². The number of thioether (sulfide) groups is 1. The second-order valence-electron chi connectivity index (χ2n) is 6.62. The third kappa shape index (κ3) is 5.03. The Morgan fingerprint density at radius 2 is 2.07 bits per heavy atom. The molecule has 2 aromatic carbocycles. The molecule has 29 heavy (non-hydrogen) atoms. The zero-order valence-corrected chi connectivity index (χ0v) is 17.1. The summed E-state index contributed by atoms with van der Waals surface area (Å²) in [4.78, 5) is 24.8. The Balaban J connectivity index is 1.65. The van der Waals surface area contributed by atoms with Crippen LogP contribution in [-0.4, -0.2) is 40.5 Å². The van der Waals surface area contributed by atoms with Gasteiger partial charge in [-0.3, -0.25) is 9.59 Å². The number of nitrogens with zero attached hydrogens (tertiary/aromatic N) is 2. The van der Waals surface area contributed by atoms with Crippen LogP contribution < -0.4 is 10.1 Å². The monoisotopic (exact) mass is 411 g/mol. The van der Waals surface area contributed by atoms with Crippen LogP contribution in [0.3, 0.4) is 0 Å². The summed E-state index contributed by atoms with van der Waals surface area (Å²) in [5.41, 5.74) is 3.22. The summed E-state index contributed by atoms with van der Waals surface area (Å²) in [6.45, 7) is 3.81. The third-order valence-corrected chi connectivity index (χ3v) is 5.47. The molecule has 1 amide bonds. The summed E-state index contributed by atoms with van der Waals surface area (Å²) in [5, 5.41) is 20.0. The maximum absolute atomic E-state index is 12.6. The van der Waals surface area contributed by atoms with Gasteiger partial charge in [0.15, 0.2) is 22.4 Å². The van der Waals surface area contributed by atoms with Crippen LogP contribution in [0.4, 0.5) is 0 Å². The van der Waals surface area contributed by atoms with E-state index in [0.29, 0.717) is 22.0 Å². The number of hydrogen-bond acceptors (Lipinski definition) is 7. The largest absolute Gasteiger partial charge is 0.504 e. The van der Waals surface area contributed by atoms with Gasteiger partial charge in [-0.2, -0.15) is 5.10 Å². The quantitative estimate of drug-likeness (QED) is 0.432. The smallest absolute Gasteiger partial charge is 0.240 e. The average Bonchev–Trinajstić information content (AvgIpc) is 3.04. The van der Waals surface area contributed by atoms with Gasteiger partial charge in [0.2, 0.25) is 5.91 Å². The number of aromatic hydroxyl groups is 1. The van der Waals surface area contributed by atoms with E-state index < -0.39 is 5.25 Å². The molecule has 1 atom stereocenters. The van der Waals surface area contributed by atoms with Gasteiger partial charge in [-0.1, -0.05) is 29.5 Å². The van der Waals surface area contributed by atoms with E-state index in [2.05, 4.69) is 15.5 Å². The summed E-state index contributed by atoms with van der Waals surface area (Å²) in [7, 11) is 1.46. The van der Waals surface area contributed by atoms with Crippen LogP contribution in [0.25, 0.3) is 0 Å². The first-order chi connectivity index (χ1) is 13.9. The Morgan fingerprint density at radius 1 is 1.28 bits per heavy atom. The second-order valence-corrected chi connectivity index (χ2v) is 7.81. The molecule has 1 unspecified atom stereocenters. The van der Waals surface area contributed by atoms with Crippen molar-refractivity contribution in [2.45, 2.75) is 25.5 Å². The van der Waals surface area contributed by atoms with Crippen molar-refractivity contribution in [2.24, 2.45) is 10.2 Å². The van der Waals surface area contributed by atoms with Crippen LogP contribution >= 0.6 is 11.8 Å². The second kappa shape index (κ2) is 8.91. The Labute approximate surface area is 172 Å². The summed E-state index contributed by atoms with van der Waals surface area (Å²) in [6, 6.07) is 10.5. The van der Waals surface area contributed by atoms with Crippen molar-refractivity contribution < 1.29 is 19.4 Å². The number of amidine groups is 1. The molecule has 1 heterocycles. The minimum atomic E-state index is -0.537. The zero-order chi connectivity index (χ0) is 21.0. The van der Waals surface area contributed by atoms with Crippen LogP contribution in [0.1, 0.15) is 33.5 Å². The van der Waals surface area contributed by atoms with E-state index >= 15 is 0 Å². The lowest BCUT2D eigenvalue weighted by Crippen LogP contribution is -2.26. The first kappa shape index (κ1) is 20.6. The number of methoxy groups -OCH3 is 1. The molecule has 0 bridgehead atoms. The van der Waals surface area contributed by atoms with E-state index in [1.165, 1.54) is 31.2 Å². The number of ketones is 1. The molecule has 0 radical (unpaired) electrons. The van der Waals surface area contributed by atoms with Gasteiger partial charge in [-0.15, -0.1) is 5.10 Å². The molecule has 0 spiro atoms.